The summed E-state index contributed by atoms with van der Waals surface area (Å²) < 4.78 is 6.16. The normalized spacial score (nSPS) is 10.1. The van der Waals surface area contributed by atoms with Gasteiger partial charge in [-0.25, -0.2) is 0 Å². The van der Waals surface area contributed by atoms with Gasteiger partial charge in [0.15, 0.2) is 0 Å². The summed E-state index contributed by atoms with van der Waals surface area (Å²) in [6.45, 7) is 0.647. The number of halogens is 1. The second kappa shape index (κ2) is 5.78. The zero-order valence-electron chi connectivity index (χ0n) is 9.98. The van der Waals surface area contributed by atoms with Gasteiger partial charge in [0.1, 0.15) is 11.5 Å². The van der Waals surface area contributed by atoms with Crippen molar-refractivity contribution >= 4 is 21.6 Å². The molecule has 2 aromatic carbocycles. The van der Waals surface area contributed by atoms with Crippen molar-refractivity contribution < 1.29 is 9.84 Å². The van der Waals surface area contributed by atoms with E-state index in [9.17, 15) is 5.11 Å². The molecule has 0 aromatic heterocycles. The van der Waals surface area contributed by atoms with E-state index in [2.05, 4.69) is 21.2 Å². The molecule has 0 radical (unpaired) electrons. The van der Waals surface area contributed by atoms with Crippen LogP contribution in [0.15, 0.2) is 46.9 Å². The third-order valence-corrected chi connectivity index (χ3v) is 2.97. The minimum atomic E-state index is 0.279. The Morgan fingerprint density at radius 2 is 2.06 bits per heavy atom. The van der Waals surface area contributed by atoms with Gasteiger partial charge in [0.2, 0.25) is 0 Å². The Bertz CT molecular complexity index is 543. The fraction of sp³-hybridized carbons (Fsp3) is 0.143. The molecule has 2 N–H and O–H groups in total. The molecule has 0 aliphatic rings. The predicted octanol–water partition coefficient (Wildman–Crippen LogP) is 3.78. The number of anilines is 1. The van der Waals surface area contributed by atoms with Gasteiger partial charge in [-0.05, 0) is 29.8 Å². The van der Waals surface area contributed by atoms with Gasteiger partial charge in [0.05, 0.1) is 7.11 Å². The molecule has 2 rings (SSSR count). The fourth-order valence-electron chi connectivity index (χ4n) is 1.65. The second-order valence-electron chi connectivity index (χ2n) is 3.90. The Morgan fingerprint density at radius 3 is 2.78 bits per heavy atom. The number of methoxy groups -OCH3 is 1. The zero-order valence-corrected chi connectivity index (χ0v) is 11.6. The number of hydrogen-bond donors (Lipinski definition) is 2. The van der Waals surface area contributed by atoms with Crippen LogP contribution in [0.4, 0.5) is 5.69 Å². The number of rotatable bonds is 4. The first-order valence-electron chi connectivity index (χ1n) is 5.54. The van der Waals surface area contributed by atoms with Gasteiger partial charge < -0.3 is 15.2 Å². The highest BCUT2D eigenvalue weighted by atomic mass is 79.9. The van der Waals surface area contributed by atoms with Crippen LogP contribution in [0.25, 0.3) is 0 Å². The summed E-state index contributed by atoms with van der Waals surface area (Å²) in [4.78, 5) is 0. The maximum absolute atomic E-state index is 9.38. The Balaban J connectivity index is 2.08. The smallest absolute Gasteiger partial charge is 0.122 e. The average molecular weight is 308 g/mol. The van der Waals surface area contributed by atoms with Crippen molar-refractivity contribution in [1.29, 1.82) is 0 Å². The number of aromatic hydroxyl groups is 1. The Hall–Kier alpha value is -1.68. The van der Waals surface area contributed by atoms with Gasteiger partial charge in [0, 0.05) is 22.8 Å². The van der Waals surface area contributed by atoms with Crippen molar-refractivity contribution in [2.75, 3.05) is 12.4 Å². The van der Waals surface area contributed by atoms with E-state index >= 15 is 0 Å². The van der Waals surface area contributed by atoms with Crippen LogP contribution in [0.5, 0.6) is 11.5 Å². The Labute approximate surface area is 115 Å². The monoisotopic (exact) mass is 307 g/mol. The molecule has 0 amide bonds. The number of hydrogen-bond acceptors (Lipinski definition) is 3. The third kappa shape index (κ3) is 3.40. The molecule has 0 aliphatic heterocycles. The van der Waals surface area contributed by atoms with Crippen LogP contribution in [-0.4, -0.2) is 12.2 Å². The number of nitrogens with one attached hydrogen (secondary N) is 1. The van der Waals surface area contributed by atoms with Crippen LogP contribution < -0.4 is 10.1 Å². The lowest BCUT2D eigenvalue weighted by Gasteiger charge is -2.09. The van der Waals surface area contributed by atoms with Crippen molar-refractivity contribution in [1.82, 2.24) is 0 Å². The summed E-state index contributed by atoms with van der Waals surface area (Å²) in [6, 6.07) is 13.0. The summed E-state index contributed by atoms with van der Waals surface area (Å²) in [6.07, 6.45) is 0. The van der Waals surface area contributed by atoms with E-state index in [1.54, 1.807) is 19.2 Å². The minimum absolute atomic E-state index is 0.279. The average Bonchev–Trinajstić information content (AvgIpc) is 2.36. The van der Waals surface area contributed by atoms with E-state index in [0.29, 0.717) is 6.54 Å². The fourth-order valence-corrected chi connectivity index (χ4v) is 2.13. The van der Waals surface area contributed by atoms with Gasteiger partial charge in [-0.1, -0.05) is 28.1 Å². The molecule has 18 heavy (non-hydrogen) atoms. The summed E-state index contributed by atoms with van der Waals surface area (Å²) in [5.74, 6) is 1.07. The van der Waals surface area contributed by atoms with E-state index in [1.807, 2.05) is 30.3 Å². The topological polar surface area (TPSA) is 41.5 Å². The van der Waals surface area contributed by atoms with Crippen molar-refractivity contribution in [2.45, 2.75) is 6.54 Å². The molecule has 0 atom stereocenters. The molecule has 0 spiro atoms. The third-order valence-electron chi connectivity index (χ3n) is 2.51. The van der Waals surface area contributed by atoms with Crippen LogP contribution >= 0.6 is 15.9 Å². The number of ether oxygens (including phenoxy) is 1. The molecule has 0 fully saturated rings. The van der Waals surface area contributed by atoms with Gasteiger partial charge in [-0.2, -0.15) is 0 Å². The van der Waals surface area contributed by atoms with Crippen LogP contribution in [0.1, 0.15) is 5.56 Å². The summed E-state index contributed by atoms with van der Waals surface area (Å²) in [5, 5.41) is 12.7. The number of benzene rings is 2. The summed E-state index contributed by atoms with van der Waals surface area (Å²) in [7, 11) is 1.64. The van der Waals surface area contributed by atoms with E-state index < -0.39 is 0 Å². The zero-order chi connectivity index (χ0) is 13.0. The highest BCUT2D eigenvalue weighted by Crippen LogP contribution is 2.25. The molecule has 0 saturated heterocycles. The molecule has 3 nitrogen and oxygen atoms in total. The van der Waals surface area contributed by atoms with E-state index in [0.717, 1.165) is 21.5 Å². The number of phenols is 1. The lowest BCUT2D eigenvalue weighted by atomic mass is 10.2. The van der Waals surface area contributed by atoms with Crippen molar-refractivity contribution in [3.05, 3.63) is 52.5 Å². The van der Waals surface area contributed by atoms with Crippen molar-refractivity contribution in [2.24, 2.45) is 0 Å². The molecule has 0 saturated carbocycles. The molecule has 2 aromatic rings. The minimum Gasteiger partial charge on any atom is -0.508 e. The summed E-state index contributed by atoms with van der Waals surface area (Å²) >= 11 is 3.43. The van der Waals surface area contributed by atoms with Gasteiger partial charge in [-0.15, -0.1) is 0 Å². The summed E-state index contributed by atoms with van der Waals surface area (Å²) in [5.41, 5.74) is 1.98. The lowest BCUT2D eigenvalue weighted by Crippen LogP contribution is -1.99. The maximum atomic E-state index is 9.38. The molecular formula is C14H14BrNO2. The van der Waals surface area contributed by atoms with E-state index in [-0.39, 0.29) is 5.75 Å². The SMILES string of the molecule is COc1cc(Br)cc(NCc2cccc(O)c2)c1. The maximum Gasteiger partial charge on any atom is 0.122 e. The highest BCUT2D eigenvalue weighted by molar-refractivity contribution is 9.10. The molecule has 94 valence electrons. The standard InChI is InChI=1S/C14H14BrNO2/c1-18-14-7-11(15)6-12(8-14)16-9-10-3-2-4-13(17)5-10/h2-8,16-17H,9H2,1H3. The largest absolute Gasteiger partial charge is 0.508 e. The van der Waals surface area contributed by atoms with Crippen LogP contribution in [-0.2, 0) is 6.54 Å². The molecular weight excluding hydrogens is 294 g/mol. The van der Waals surface area contributed by atoms with Crippen LogP contribution in [0, 0.1) is 0 Å². The van der Waals surface area contributed by atoms with Crippen molar-refractivity contribution in [3.8, 4) is 11.5 Å². The predicted molar refractivity (Wildman–Crippen MR) is 76.1 cm³/mol. The molecule has 4 heteroatoms. The molecule has 0 heterocycles. The molecule has 0 unspecified atom stereocenters. The number of phenolic OH excluding ortho intramolecular Hbond substituents is 1. The Kier molecular flexibility index (Phi) is 4.10. The van der Waals surface area contributed by atoms with Crippen LogP contribution in [0.2, 0.25) is 0 Å². The quantitative estimate of drug-likeness (QED) is 0.903. The highest BCUT2D eigenvalue weighted by Gasteiger charge is 2.00. The first kappa shape index (κ1) is 12.8. The van der Waals surface area contributed by atoms with Crippen molar-refractivity contribution in [3.63, 3.8) is 0 Å². The molecule has 0 aliphatic carbocycles. The van der Waals surface area contributed by atoms with E-state index in [4.69, 9.17) is 4.74 Å². The second-order valence-corrected chi connectivity index (χ2v) is 4.82. The molecule has 0 bridgehead atoms. The lowest BCUT2D eigenvalue weighted by molar-refractivity contribution is 0.414. The van der Waals surface area contributed by atoms with Gasteiger partial charge in [0.25, 0.3) is 0 Å². The Morgan fingerprint density at radius 1 is 1.22 bits per heavy atom. The van der Waals surface area contributed by atoms with E-state index in [1.165, 1.54) is 0 Å². The van der Waals surface area contributed by atoms with Gasteiger partial charge in [-0.3, -0.25) is 0 Å². The van der Waals surface area contributed by atoms with Gasteiger partial charge >= 0.3 is 0 Å². The van der Waals surface area contributed by atoms with Crippen LogP contribution in [0.3, 0.4) is 0 Å². The first-order valence-corrected chi connectivity index (χ1v) is 6.33. The first-order chi connectivity index (χ1) is 8.67.